The maximum Gasteiger partial charge on any atom is 0.221 e. The molecule has 3 atom stereocenters. The largest absolute Gasteiger partial charge is 0.325 e. The van der Waals surface area contributed by atoms with Crippen molar-refractivity contribution in [3.8, 4) is 0 Å². The van der Waals surface area contributed by atoms with Crippen molar-refractivity contribution in [3.63, 3.8) is 0 Å². The zero-order valence-corrected chi connectivity index (χ0v) is 12.8. The Morgan fingerprint density at radius 2 is 2.21 bits per heavy atom. The summed E-state index contributed by atoms with van der Waals surface area (Å²) in [6.45, 7) is 7.10. The third kappa shape index (κ3) is 4.05. The minimum atomic E-state index is -0.000454. The topological polar surface area (TPSA) is 41.1 Å². The average Bonchev–Trinajstić information content (AvgIpc) is 2.74. The van der Waals surface area contributed by atoms with Crippen molar-refractivity contribution in [3.05, 3.63) is 16.3 Å². The highest BCUT2D eigenvalue weighted by Crippen LogP contribution is 2.29. The molecule has 1 aliphatic carbocycles. The van der Waals surface area contributed by atoms with E-state index in [0.29, 0.717) is 6.04 Å². The molecule has 0 aliphatic heterocycles. The summed E-state index contributed by atoms with van der Waals surface area (Å²) in [4.78, 5) is 12.4. The van der Waals surface area contributed by atoms with Gasteiger partial charge in [0.25, 0.3) is 0 Å². The van der Waals surface area contributed by atoms with Crippen LogP contribution in [0.5, 0.6) is 0 Å². The van der Waals surface area contributed by atoms with Crippen LogP contribution < -0.4 is 10.6 Å². The van der Waals surface area contributed by atoms with E-state index in [1.54, 1.807) is 18.3 Å². The highest BCUT2D eigenvalue weighted by Gasteiger charge is 2.24. The van der Waals surface area contributed by atoms with Crippen LogP contribution >= 0.6 is 11.3 Å². The van der Waals surface area contributed by atoms with Gasteiger partial charge in [0.15, 0.2) is 0 Å². The standard InChI is InChI=1S/C15H24N2OS/c1-10-4-5-13(11(2)8-10)16-9-15-14(6-7-19-15)17-12(3)18/h6-7,10-11,13,16H,4-5,8-9H2,1-3H3,(H,17,18). The quantitative estimate of drug-likeness (QED) is 0.884. The zero-order valence-electron chi connectivity index (χ0n) is 12.0. The first-order valence-corrected chi connectivity index (χ1v) is 8.01. The zero-order chi connectivity index (χ0) is 13.8. The fraction of sp³-hybridized carbons (Fsp3) is 0.667. The minimum Gasteiger partial charge on any atom is -0.325 e. The molecule has 3 unspecified atom stereocenters. The molecule has 1 aromatic heterocycles. The SMILES string of the molecule is CC(=O)Nc1ccsc1CNC1CCC(C)CC1C. The molecule has 0 saturated heterocycles. The molecule has 1 aliphatic rings. The van der Waals surface area contributed by atoms with Gasteiger partial charge in [-0.1, -0.05) is 13.8 Å². The number of carbonyl (C=O) groups excluding carboxylic acids is 1. The lowest BCUT2D eigenvalue weighted by molar-refractivity contribution is -0.114. The number of nitrogens with one attached hydrogen (secondary N) is 2. The summed E-state index contributed by atoms with van der Waals surface area (Å²) in [5.41, 5.74) is 0.960. The van der Waals surface area contributed by atoms with E-state index < -0.39 is 0 Å². The Bertz CT molecular complexity index is 430. The van der Waals surface area contributed by atoms with Gasteiger partial charge in [0, 0.05) is 24.4 Å². The van der Waals surface area contributed by atoms with Gasteiger partial charge >= 0.3 is 0 Å². The number of amides is 1. The Hall–Kier alpha value is -0.870. The van der Waals surface area contributed by atoms with E-state index in [1.165, 1.54) is 24.1 Å². The summed E-state index contributed by atoms with van der Waals surface area (Å²) >= 11 is 1.70. The summed E-state index contributed by atoms with van der Waals surface area (Å²) in [5, 5.41) is 8.59. The van der Waals surface area contributed by atoms with E-state index in [2.05, 4.69) is 24.5 Å². The van der Waals surface area contributed by atoms with Crippen LogP contribution in [0.4, 0.5) is 5.69 Å². The summed E-state index contributed by atoms with van der Waals surface area (Å²) in [7, 11) is 0. The third-order valence-electron chi connectivity index (χ3n) is 4.01. The number of hydrogen-bond donors (Lipinski definition) is 2. The van der Waals surface area contributed by atoms with Crippen molar-refractivity contribution < 1.29 is 4.79 Å². The van der Waals surface area contributed by atoms with Crippen LogP contribution in [0.3, 0.4) is 0 Å². The van der Waals surface area contributed by atoms with Crippen LogP contribution in [0.1, 0.15) is 44.9 Å². The van der Waals surface area contributed by atoms with Gasteiger partial charge in [-0.15, -0.1) is 11.3 Å². The predicted octanol–water partition coefficient (Wildman–Crippen LogP) is 3.62. The number of anilines is 1. The van der Waals surface area contributed by atoms with Crippen molar-refractivity contribution in [2.45, 2.75) is 52.6 Å². The van der Waals surface area contributed by atoms with Gasteiger partial charge in [0.1, 0.15) is 0 Å². The van der Waals surface area contributed by atoms with E-state index in [4.69, 9.17) is 0 Å². The summed E-state index contributed by atoms with van der Waals surface area (Å²) < 4.78 is 0. The third-order valence-corrected chi connectivity index (χ3v) is 4.93. The van der Waals surface area contributed by atoms with E-state index in [-0.39, 0.29) is 5.91 Å². The molecule has 1 amide bonds. The first-order chi connectivity index (χ1) is 9.06. The monoisotopic (exact) mass is 280 g/mol. The molecule has 1 aromatic rings. The van der Waals surface area contributed by atoms with Gasteiger partial charge < -0.3 is 10.6 Å². The van der Waals surface area contributed by atoms with Crippen molar-refractivity contribution in [1.82, 2.24) is 5.32 Å². The van der Waals surface area contributed by atoms with Gasteiger partial charge in [-0.3, -0.25) is 4.79 Å². The average molecular weight is 280 g/mol. The fourth-order valence-corrected chi connectivity index (χ4v) is 3.75. The van der Waals surface area contributed by atoms with E-state index in [9.17, 15) is 4.79 Å². The maximum absolute atomic E-state index is 11.1. The normalized spacial score (nSPS) is 27.2. The van der Waals surface area contributed by atoms with Crippen molar-refractivity contribution >= 4 is 22.9 Å². The second kappa shape index (κ2) is 6.53. The molecule has 2 rings (SSSR count). The second-order valence-electron chi connectivity index (χ2n) is 5.82. The Labute approximate surface area is 119 Å². The molecule has 0 bridgehead atoms. The molecule has 2 N–H and O–H groups in total. The first kappa shape index (κ1) is 14.5. The van der Waals surface area contributed by atoms with Gasteiger partial charge in [0.05, 0.1) is 5.69 Å². The lowest BCUT2D eigenvalue weighted by atomic mass is 9.80. The molecule has 1 heterocycles. The molecular formula is C15H24N2OS. The van der Waals surface area contributed by atoms with Crippen LogP contribution in [0.25, 0.3) is 0 Å². The molecule has 4 heteroatoms. The van der Waals surface area contributed by atoms with Gasteiger partial charge in [-0.05, 0) is 42.5 Å². The second-order valence-corrected chi connectivity index (χ2v) is 6.82. The van der Waals surface area contributed by atoms with Gasteiger partial charge in [0.2, 0.25) is 5.91 Å². The molecule has 3 nitrogen and oxygen atoms in total. The molecule has 0 spiro atoms. The minimum absolute atomic E-state index is 0.000454. The van der Waals surface area contributed by atoms with Crippen LogP contribution in [0.15, 0.2) is 11.4 Å². The fourth-order valence-electron chi connectivity index (χ4n) is 2.97. The van der Waals surface area contributed by atoms with Crippen molar-refractivity contribution in [2.75, 3.05) is 5.32 Å². The number of hydrogen-bond acceptors (Lipinski definition) is 3. The Kier molecular flexibility index (Phi) is 4.99. The van der Waals surface area contributed by atoms with Crippen LogP contribution in [0, 0.1) is 11.8 Å². The molecule has 106 valence electrons. The van der Waals surface area contributed by atoms with E-state index in [0.717, 1.165) is 24.1 Å². The lowest BCUT2D eigenvalue weighted by Crippen LogP contribution is -2.38. The maximum atomic E-state index is 11.1. The molecule has 1 fully saturated rings. The summed E-state index contributed by atoms with van der Waals surface area (Å²) in [5.74, 6) is 1.61. The lowest BCUT2D eigenvalue weighted by Gasteiger charge is -2.33. The van der Waals surface area contributed by atoms with Crippen LogP contribution in [0.2, 0.25) is 0 Å². The molecule has 0 radical (unpaired) electrons. The Balaban J connectivity index is 1.88. The molecular weight excluding hydrogens is 256 g/mol. The van der Waals surface area contributed by atoms with E-state index in [1.807, 2.05) is 11.4 Å². The van der Waals surface area contributed by atoms with Gasteiger partial charge in [-0.2, -0.15) is 0 Å². The highest BCUT2D eigenvalue weighted by atomic mass is 32.1. The number of thiophene rings is 1. The summed E-state index contributed by atoms with van der Waals surface area (Å²) in [6, 6.07) is 2.60. The molecule has 0 aromatic carbocycles. The van der Waals surface area contributed by atoms with Crippen molar-refractivity contribution in [1.29, 1.82) is 0 Å². The Morgan fingerprint density at radius 3 is 2.89 bits per heavy atom. The van der Waals surface area contributed by atoms with Crippen LogP contribution in [-0.4, -0.2) is 11.9 Å². The van der Waals surface area contributed by atoms with Gasteiger partial charge in [-0.25, -0.2) is 0 Å². The molecule has 19 heavy (non-hydrogen) atoms. The smallest absolute Gasteiger partial charge is 0.221 e. The number of carbonyl (C=O) groups is 1. The Morgan fingerprint density at radius 1 is 1.42 bits per heavy atom. The summed E-state index contributed by atoms with van der Waals surface area (Å²) in [6.07, 6.45) is 3.91. The number of rotatable bonds is 4. The van der Waals surface area contributed by atoms with Crippen molar-refractivity contribution in [2.24, 2.45) is 11.8 Å². The van der Waals surface area contributed by atoms with E-state index >= 15 is 0 Å². The van der Waals surface area contributed by atoms with Crippen LogP contribution in [-0.2, 0) is 11.3 Å². The molecule has 1 saturated carbocycles. The highest BCUT2D eigenvalue weighted by molar-refractivity contribution is 7.10. The predicted molar refractivity (Wildman–Crippen MR) is 81.4 cm³/mol. The first-order valence-electron chi connectivity index (χ1n) is 7.13.